The first-order chi connectivity index (χ1) is 15.6. The van der Waals surface area contributed by atoms with Crippen LogP contribution in [0.5, 0.6) is 0 Å². The maximum absolute atomic E-state index is 13.6. The van der Waals surface area contributed by atoms with Crippen LogP contribution in [0.1, 0.15) is 11.1 Å². The summed E-state index contributed by atoms with van der Waals surface area (Å²) in [6.07, 6.45) is -4.72. The second kappa shape index (κ2) is 8.12. The number of hydrogen-bond donors (Lipinski definition) is 1. The van der Waals surface area contributed by atoms with Crippen LogP contribution in [0, 0.1) is 17.5 Å². The van der Waals surface area contributed by atoms with E-state index in [1.54, 1.807) is 0 Å². The molecule has 4 nitrogen and oxygen atoms in total. The Kier molecular flexibility index (Phi) is 5.44. The number of nitrogens with one attached hydrogen (secondary N) is 1. The molecule has 33 heavy (non-hydrogen) atoms. The summed E-state index contributed by atoms with van der Waals surface area (Å²) in [5, 5.41) is 2.54. The predicted molar refractivity (Wildman–Crippen MR) is 107 cm³/mol. The zero-order chi connectivity index (χ0) is 23.9. The molecule has 0 aromatic heterocycles. The van der Waals surface area contributed by atoms with Gasteiger partial charge in [0.15, 0.2) is 11.6 Å². The lowest BCUT2D eigenvalue weighted by molar-refractivity contribution is -0.137. The maximum Gasteiger partial charge on any atom is 0.416 e. The Hall–Kier alpha value is -4.08. The van der Waals surface area contributed by atoms with Gasteiger partial charge in [0, 0.05) is 11.8 Å². The maximum atomic E-state index is 13.6. The molecular weight excluding hydrogens is 450 g/mol. The average Bonchev–Trinajstić information content (AvgIpc) is 3.00. The van der Waals surface area contributed by atoms with E-state index >= 15 is 0 Å². The number of nitrogens with zero attached hydrogens (tertiary/aromatic N) is 1. The van der Waals surface area contributed by atoms with E-state index in [0.29, 0.717) is 11.0 Å². The van der Waals surface area contributed by atoms with E-state index in [1.807, 2.05) is 0 Å². The average molecular weight is 462 g/mol. The molecule has 168 valence electrons. The van der Waals surface area contributed by atoms with E-state index in [2.05, 4.69) is 5.32 Å². The van der Waals surface area contributed by atoms with Gasteiger partial charge in [-0.2, -0.15) is 13.2 Å². The Morgan fingerprint density at radius 1 is 0.758 bits per heavy atom. The quantitative estimate of drug-likeness (QED) is 0.411. The number of imide groups is 1. The lowest BCUT2D eigenvalue weighted by atomic mass is 10.0. The SMILES string of the molecule is O=C1C(Nc2ccc(F)c(F)c2)=C(c2ccc(F)cc2)C(=O)N1c1cccc(C(F)(F)F)c1. The largest absolute Gasteiger partial charge is 0.416 e. The number of benzene rings is 3. The fourth-order valence-corrected chi connectivity index (χ4v) is 3.30. The molecule has 3 aromatic rings. The van der Waals surface area contributed by atoms with Crippen LogP contribution in [0.2, 0.25) is 0 Å². The third-order valence-electron chi connectivity index (χ3n) is 4.84. The van der Waals surface area contributed by atoms with Crippen molar-refractivity contribution in [3.63, 3.8) is 0 Å². The predicted octanol–water partition coefficient (Wildman–Crippen LogP) is 5.52. The summed E-state index contributed by atoms with van der Waals surface area (Å²) in [6, 6.07) is 10.7. The summed E-state index contributed by atoms with van der Waals surface area (Å²) >= 11 is 0. The van der Waals surface area contributed by atoms with E-state index in [0.717, 1.165) is 48.5 Å². The van der Waals surface area contributed by atoms with E-state index in [9.17, 15) is 35.9 Å². The van der Waals surface area contributed by atoms with Gasteiger partial charge >= 0.3 is 6.18 Å². The van der Waals surface area contributed by atoms with E-state index in [1.165, 1.54) is 12.1 Å². The summed E-state index contributed by atoms with van der Waals surface area (Å²) in [7, 11) is 0. The van der Waals surface area contributed by atoms with E-state index in [-0.39, 0.29) is 22.5 Å². The summed E-state index contributed by atoms with van der Waals surface area (Å²) in [5.74, 6) is -5.00. The Morgan fingerprint density at radius 3 is 2.09 bits per heavy atom. The highest BCUT2D eigenvalue weighted by atomic mass is 19.4. The van der Waals surface area contributed by atoms with Gasteiger partial charge in [-0.1, -0.05) is 18.2 Å². The third kappa shape index (κ3) is 4.19. The minimum absolute atomic E-state index is 0.0875. The zero-order valence-electron chi connectivity index (χ0n) is 16.4. The molecule has 1 aliphatic rings. The Labute approximate surface area is 182 Å². The molecule has 0 unspecified atom stereocenters. The molecule has 0 radical (unpaired) electrons. The Morgan fingerprint density at radius 2 is 1.45 bits per heavy atom. The number of carbonyl (C=O) groups is 2. The zero-order valence-corrected chi connectivity index (χ0v) is 16.4. The lowest BCUT2D eigenvalue weighted by Gasteiger charge is -2.17. The van der Waals surface area contributed by atoms with Gasteiger partial charge in [-0.05, 0) is 48.0 Å². The van der Waals surface area contributed by atoms with E-state index in [4.69, 9.17) is 0 Å². The molecule has 1 aliphatic heterocycles. The Bertz CT molecular complexity index is 1300. The first-order valence-electron chi connectivity index (χ1n) is 9.34. The molecule has 10 heteroatoms. The number of halogens is 6. The second-order valence-electron chi connectivity index (χ2n) is 7.00. The summed E-state index contributed by atoms with van der Waals surface area (Å²) in [4.78, 5) is 26.9. The molecule has 0 bridgehead atoms. The standard InChI is InChI=1S/C23H12F6N2O2/c24-14-6-4-12(5-7-14)19-20(30-15-8-9-17(25)18(26)11-15)22(33)31(21(19)32)16-3-1-2-13(10-16)23(27,28)29/h1-11,30H. The number of carbonyl (C=O) groups excluding carboxylic acids is 2. The van der Waals surface area contributed by atoms with Crippen molar-refractivity contribution in [3.05, 3.63) is 101 Å². The van der Waals surface area contributed by atoms with Crippen LogP contribution < -0.4 is 10.2 Å². The number of rotatable bonds is 4. The molecular formula is C23H12F6N2O2. The van der Waals surface area contributed by atoms with E-state index < -0.39 is 46.7 Å². The molecule has 1 heterocycles. The monoisotopic (exact) mass is 462 g/mol. The van der Waals surface area contributed by atoms with Gasteiger partial charge in [0.2, 0.25) is 0 Å². The molecule has 0 atom stereocenters. The second-order valence-corrected chi connectivity index (χ2v) is 7.00. The topological polar surface area (TPSA) is 49.4 Å². The van der Waals surface area contributed by atoms with Crippen LogP contribution in [-0.4, -0.2) is 11.8 Å². The number of anilines is 2. The van der Waals surface area contributed by atoms with Crippen LogP contribution in [0.4, 0.5) is 37.7 Å². The Balaban J connectivity index is 1.82. The third-order valence-corrected chi connectivity index (χ3v) is 4.84. The molecule has 0 spiro atoms. The van der Waals surface area contributed by atoms with Crippen molar-refractivity contribution in [1.29, 1.82) is 0 Å². The lowest BCUT2D eigenvalue weighted by Crippen LogP contribution is -2.32. The molecule has 4 rings (SSSR count). The summed E-state index contributed by atoms with van der Waals surface area (Å²) in [6.45, 7) is 0. The highest BCUT2D eigenvalue weighted by Gasteiger charge is 2.41. The minimum Gasteiger partial charge on any atom is -0.350 e. The molecule has 0 aliphatic carbocycles. The molecule has 1 N–H and O–H groups in total. The molecule has 2 amide bonds. The molecule has 0 fully saturated rings. The number of alkyl halides is 3. The normalized spacial score (nSPS) is 14.3. The fourth-order valence-electron chi connectivity index (χ4n) is 3.30. The first kappa shape index (κ1) is 22.1. The molecule has 3 aromatic carbocycles. The van der Waals surface area contributed by atoms with Gasteiger partial charge in [0.1, 0.15) is 11.5 Å². The first-order valence-corrected chi connectivity index (χ1v) is 9.34. The van der Waals surface area contributed by atoms with Crippen molar-refractivity contribution in [2.24, 2.45) is 0 Å². The van der Waals surface area contributed by atoms with Crippen molar-refractivity contribution in [2.45, 2.75) is 6.18 Å². The van der Waals surface area contributed by atoms with Crippen molar-refractivity contribution < 1.29 is 35.9 Å². The van der Waals surface area contributed by atoms with Crippen LogP contribution in [-0.2, 0) is 15.8 Å². The van der Waals surface area contributed by atoms with Gasteiger partial charge < -0.3 is 5.32 Å². The highest BCUT2D eigenvalue weighted by molar-refractivity contribution is 6.46. The van der Waals surface area contributed by atoms with Crippen molar-refractivity contribution in [2.75, 3.05) is 10.2 Å². The molecule has 0 saturated heterocycles. The van der Waals surface area contributed by atoms with Crippen LogP contribution >= 0.6 is 0 Å². The van der Waals surface area contributed by atoms with Crippen LogP contribution in [0.3, 0.4) is 0 Å². The van der Waals surface area contributed by atoms with Gasteiger partial charge in [0.05, 0.1) is 16.8 Å². The fraction of sp³-hybridized carbons (Fsp3) is 0.0435. The molecule has 0 saturated carbocycles. The van der Waals surface area contributed by atoms with Gasteiger partial charge in [-0.25, -0.2) is 18.1 Å². The van der Waals surface area contributed by atoms with Gasteiger partial charge in [-0.3, -0.25) is 9.59 Å². The summed E-state index contributed by atoms with van der Waals surface area (Å²) < 4.78 is 79.8. The number of hydrogen-bond acceptors (Lipinski definition) is 3. The van der Waals surface area contributed by atoms with Crippen LogP contribution in [0.25, 0.3) is 5.57 Å². The smallest absolute Gasteiger partial charge is 0.350 e. The van der Waals surface area contributed by atoms with Gasteiger partial charge in [-0.15, -0.1) is 0 Å². The summed E-state index contributed by atoms with van der Waals surface area (Å²) in [5.41, 5.74) is -2.09. The van der Waals surface area contributed by atoms with Crippen molar-refractivity contribution in [3.8, 4) is 0 Å². The highest BCUT2D eigenvalue weighted by Crippen LogP contribution is 2.37. The number of amides is 2. The van der Waals surface area contributed by atoms with Crippen LogP contribution in [0.15, 0.2) is 72.4 Å². The van der Waals surface area contributed by atoms with Crippen molar-refractivity contribution in [1.82, 2.24) is 0 Å². The minimum atomic E-state index is -4.72. The van der Waals surface area contributed by atoms with Crippen molar-refractivity contribution >= 4 is 28.8 Å². The van der Waals surface area contributed by atoms with Gasteiger partial charge in [0.25, 0.3) is 11.8 Å².